The highest BCUT2D eigenvalue weighted by molar-refractivity contribution is 6.05. The van der Waals surface area contributed by atoms with Crippen molar-refractivity contribution < 1.29 is 19.1 Å². The summed E-state index contributed by atoms with van der Waals surface area (Å²) in [6.07, 6.45) is 5.03. The zero-order valence-corrected chi connectivity index (χ0v) is 22.3. The Hall–Kier alpha value is -4.66. The quantitative estimate of drug-likeness (QED) is 0.370. The van der Waals surface area contributed by atoms with Crippen molar-refractivity contribution in [1.29, 1.82) is 0 Å². The van der Waals surface area contributed by atoms with Crippen LogP contribution < -0.4 is 14.8 Å². The molecule has 0 atom stereocenters. The topological polar surface area (TPSA) is 98.6 Å². The average Bonchev–Trinajstić information content (AvgIpc) is 3.53. The maximum Gasteiger partial charge on any atom is 0.255 e. The third-order valence-corrected chi connectivity index (χ3v) is 7.27. The van der Waals surface area contributed by atoms with E-state index in [0.717, 1.165) is 24.1 Å². The standard InChI is InChI=1S/C30H31N5O4/c1-20-27(38-2)16-24(17-28(20)39-3)29(36)33-25-8-4-21(5-9-25)22-12-14-34(15-13-22)30(37)23-6-10-26(11-7-23)35-18-31-32-19-35/h4-11,16-19,22H,12-15H2,1-3H3,(H,33,36). The maximum absolute atomic E-state index is 13.0. The number of piperidine rings is 1. The number of nitrogens with zero attached hydrogens (tertiary/aromatic N) is 4. The van der Waals surface area contributed by atoms with E-state index in [1.165, 1.54) is 5.56 Å². The van der Waals surface area contributed by atoms with Crippen LogP contribution in [0.25, 0.3) is 5.69 Å². The Morgan fingerprint density at radius 3 is 2.00 bits per heavy atom. The Balaban J connectivity index is 1.17. The van der Waals surface area contributed by atoms with Crippen LogP contribution in [0.4, 0.5) is 5.69 Å². The summed E-state index contributed by atoms with van der Waals surface area (Å²) in [7, 11) is 3.14. The van der Waals surface area contributed by atoms with Crippen LogP contribution in [0.15, 0.2) is 73.3 Å². The minimum Gasteiger partial charge on any atom is -0.496 e. The third-order valence-electron chi connectivity index (χ3n) is 7.27. The van der Waals surface area contributed by atoms with E-state index in [9.17, 15) is 9.59 Å². The molecule has 4 aromatic rings. The molecule has 0 radical (unpaired) electrons. The number of carbonyl (C=O) groups excluding carboxylic acids is 2. The first kappa shape index (κ1) is 26.0. The van der Waals surface area contributed by atoms with Crippen LogP contribution in [0.5, 0.6) is 11.5 Å². The van der Waals surface area contributed by atoms with Crippen molar-refractivity contribution in [2.75, 3.05) is 32.6 Å². The van der Waals surface area contributed by atoms with Gasteiger partial charge in [0, 0.05) is 41.2 Å². The van der Waals surface area contributed by atoms with Gasteiger partial charge in [-0.2, -0.15) is 0 Å². The molecule has 3 aromatic carbocycles. The molecule has 39 heavy (non-hydrogen) atoms. The van der Waals surface area contributed by atoms with Crippen LogP contribution >= 0.6 is 0 Å². The van der Waals surface area contributed by atoms with E-state index >= 15 is 0 Å². The SMILES string of the molecule is COc1cc(C(=O)Nc2ccc(C3CCN(C(=O)c4ccc(-n5cnnc5)cc4)CC3)cc2)cc(OC)c1C. The first-order valence-corrected chi connectivity index (χ1v) is 12.8. The first-order valence-electron chi connectivity index (χ1n) is 12.8. The Labute approximate surface area is 227 Å². The van der Waals surface area contributed by atoms with Crippen molar-refractivity contribution in [2.24, 2.45) is 0 Å². The molecule has 0 saturated carbocycles. The Morgan fingerprint density at radius 1 is 0.846 bits per heavy atom. The van der Waals surface area contributed by atoms with Crippen molar-refractivity contribution in [3.05, 3.63) is 95.6 Å². The summed E-state index contributed by atoms with van der Waals surface area (Å²) < 4.78 is 12.6. The summed E-state index contributed by atoms with van der Waals surface area (Å²) in [5, 5.41) is 10.6. The van der Waals surface area contributed by atoms with Crippen LogP contribution in [0, 0.1) is 6.92 Å². The van der Waals surface area contributed by atoms with E-state index in [2.05, 4.69) is 27.6 Å². The highest BCUT2D eigenvalue weighted by Gasteiger charge is 2.25. The highest BCUT2D eigenvalue weighted by Crippen LogP contribution is 2.31. The van der Waals surface area contributed by atoms with E-state index in [-0.39, 0.29) is 11.8 Å². The number of benzene rings is 3. The van der Waals surface area contributed by atoms with Gasteiger partial charge in [0.2, 0.25) is 0 Å². The van der Waals surface area contributed by atoms with E-state index in [4.69, 9.17) is 9.47 Å². The molecule has 1 fully saturated rings. The van der Waals surface area contributed by atoms with Crippen LogP contribution in [0.1, 0.15) is 50.6 Å². The smallest absolute Gasteiger partial charge is 0.255 e. The first-order chi connectivity index (χ1) is 19.0. The summed E-state index contributed by atoms with van der Waals surface area (Å²) in [5.41, 5.74) is 4.81. The van der Waals surface area contributed by atoms with E-state index in [1.807, 2.05) is 48.2 Å². The van der Waals surface area contributed by atoms with Gasteiger partial charge in [-0.3, -0.25) is 14.2 Å². The molecule has 0 aliphatic carbocycles. The summed E-state index contributed by atoms with van der Waals surface area (Å²) in [5.74, 6) is 1.38. The number of nitrogens with one attached hydrogen (secondary N) is 1. The lowest BCUT2D eigenvalue weighted by atomic mass is 9.89. The molecule has 1 saturated heterocycles. The molecule has 1 aliphatic heterocycles. The molecular weight excluding hydrogens is 494 g/mol. The van der Waals surface area contributed by atoms with Gasteiger partial charge in [-0.25, -0.2) is 0 Å². The van der Waals surface area contributed by atoms with Crippen LogP contribution in [0.3, 0.4) is 0 Å². The highest BCUT2D eigenvalue weighted by atomic mass is 16.5. The van der Waals surface area contributed by atoms with Gasteiger partial charge in [0.1, 0.15) is 24.2 Å². The van der Waals surface area contributed by atoms with Crippen molar-refractivity contribution >= 4 is 17.5 Å². The van der Waals surface area contributed by atoms with Gasteiger partial charge < -0.3 is 19.7 Å². The zero-order chi connectivity index (χ0) is 27.4. The van der Waals surface area contributed by atoms with Gasteiger partial charge in [0.25, 0.3) is 11.8 Å². The normalized spacial score (nSPS) is 13.7. The fourth-order valence-electron chi connectivity index (χ4n) is 4.97. The van der Waals surface area contributed by atoms with E-state index in [0.29, 0.717) is 47.3 Å². The molecule has 9 nitrogen and oxygen atoms in total. The molecule has 2 heterocycles. The van der Waals surface area contributed by atoms with Crippen molar-refractivity contribution in [3.8, 4) is 17.2 Å². The lowest BCUT2D eigenvalue weighted by Gasteiger charge is -2.32. The Bertz CT molecular complexity index is 1420. The number of hydrogen-bond acceptors (Lipinski definition) is 6. The second-order valence-electron chi connectivity index (χ2n) is 9.56. The fraction of sp³-hybridized carbons (Fsp3) is 0.267. The molecule has 9 heteroatoms. The lowest BCUT2D eigenvalue weighted by molar-refractivity contribution is 0.0713. The van der Waals surface area contributed by atoms with Gasteiger partial charge in [-0.05, 0) is 79.8 Å². The number of likely N-dealkylation sites (tertiary alicyclic amines) is 1. The molecule has 1 aromatic heterocycles. The van der Waals surface area contributed by atoms with Crippen LogP contribution in [-0.2, 0) is 0 Å². The Morgan fingerprint density at radius 2 is 1.44 bits per heavy atom. The predicted molar refractivity (Wildman–Crippen MR) is 148 cm³/mol. The van der Waals surface area contributed by atoms with Gasteiger partial charge in [-0.15, -0.1) is 10.2 Å². The summed E-state index contributed by atoms with van der Waals surface area (Å²) in [6.45, 7) is 3.29. The number of rotatable bonds is 7. The number of hydrogen-bond donors (Lipinski definition) is 1. The molecule has 200 valence electrons. The van der Waals surface area contributed by atoms with Crippen LogP contribution in [0.2, 0.25) is 0 Å². The number of aromatic nitrogens is 3. The van der Waals surface area contributed by atoms with E-state index < -0.39 is 0 Å². The number of carbonyl (C=O) groups is 2. The average molecular weight is 526 g/mol. The molecule has 2 amide bonds. The number of amides is 2. The zero-order valence-electron chi connectivity index (χ0n) is 22.3. The van der Waals surface area contributed by atoms with E-state index in [1.54, 1.807) is 43.6 Å². The van der Waals surface area contributed by atoms with Crippen LogP contribution in [-0.4, -0.2) is 58.8 Å². The Kier molecular flexibility index (Phi) is 7.58. The molecule has 5 rings (SSSR count). The third kappa shape index (κ3) is 5.62. The van der Waals surface area contributed by atoms with Gasteiger partial charge >= 0.3 is 0 Å². The van der Waals surface area contributed by atoms with Gasteiger partial charge in [0.05, 0.1) is 14.2 Å². The molecule has 0 unspecified atom stereocenters. The largest absolute Gasteiger partial charge is 0.496 e. The van der Waals surface area contributed by atoms with Crippen molar-refractivity contribution in [3.63, 3.8) is 0 Å². The van der Waals surface area contributed by atoms with Gasteiger partial charge in [-0.1, -0.05) is 12.1 Å². The summed E-state index contributed by atoms with van der Waals surface area (Å²) in [4.78, 5) is 27.8. The van der Waals surface area contributed by atoms with Gasteiger partial charge in [0.15, 0.2) is 0 Å². The summed E-state index contributed by atoms with van der Waals surface area (Å²) >= 11 is 0. The molecular formula is C30H31N5O4. The molecule has 1 aliphatic rings. The molecule has 0 bridgehead atoms. The minimum atomic E-state index is -0.235. The minimum absolute atomic E-state index is 0.0474. The maximum atomic E-state index is 13.0. The monoisotopic (exact) mass is 525 g/mol. The number of methoxy groups -OCH3 is 2. The lowest BCUT2D eigenvalue weighted by Crippen LogP contribution is -2.37. The van der Waals surface area contributed by atoms with Crippen molar-refractivity contribution in [1.82, 2.24) is 19.7 Å². The molecule has 0 spiro atoms. The predicted octanol–water partition coefficient (Wildman–Crippen LogP) is 4.87. The number of anilines is 1. The second-order valence-corrected chi connectivity index (χ2v) is 9.56. The molecule has 1 N–H and O–H groups in total. The summed E-state index contributed by atoms with van der Waals surface area (Å²) in [6, 6.07) is 18.9. The number of ether oxygens (including phenoxy) is 2. The fourth-order valence-corrected chi connectivity index (χ4v) is 4.97. The second kappa shape index (κ2) is 11.4. The van der Waals surface area contributed by atoms with Crippen molar-refractivity contribution in [2.45, 2.75) is 25.7 Å².